The van der Waals surface area contributed by atoms with Gasteiger partial charge >= 0.3 is 35.5 Å². The summed E-state index contributed by atoms with van der Waals surface area (Å²) in [5, 5.41) is 17.9. The summed E-state index contributed by atoms with van der Waals surface area (Å²) < 4.78 is 0.276. The molecule has 0 saturated heterocycles. The Morgan fingerprint density at radius 3 is 2.81 bits per heavy atom. The summed E-state index contributed by atoms with van der Waals surface area (Å²) in [5.74, 6) is -0.0384. The van der Waals surface area contributed by atoms with Crippen LogP contribution in [-0.2, 0) is 4.79 Å². The van der Waals surface area contributed by atoms with Gasteiger partial charge in [0.25, 0.3) is 0 Å². The molecular formula is C10H17N2NaO3+2. The van der Waals surface area contributed by atoms with Gasteiger partial charge in [0, 0.05) is 0 Å². The largest absolute Gasteiger partial charge is 1.00 e. The average molecular weight is 236 g/mol. The molecule has 0 bridgehead atoms. The van der Waals surface area contributed by atoms with Crippen molar-refractivity contribution in [1.82, 2.24) is 0 Å². The molecule has 0 saturated carbocycles. The molecule has 0 fully saturated rings. The van der Waals surface area contributed by atoms with Gasteiger partial charge in [-0.15, -0.1) is 6.58 Å². The van der Waals surface area contributed by atoms with Gasteiger partial charge in [-0.25, -0.2) is 9.79 Å². The number of hydrogen-bond acceptors (Lipinski definition) is 3. The number of aliphatic hydroxyl groups is 1. The third kappa shape index (κ3) is 3.68. The Morgan fingerprint density at radius 2 is 2.31 bits per heavy atom. The molecule has 84 valence electrons. The van der Waals surface area contributed by atoms with E-state index in [1.165, 1.54) is 0 Å². The molecule has 1 unspecified atom stereocenters. The van der Waals surface area contributed by atoms with Crippen LogP contribution in [-0.4, -0.2) is 59.3 Å². The fourth-order valence-electron chi connectivity index (χ4n) is 1.98. The van der Waals surface area contributed by atoms with E-state index in [1.807, 2.05) is 0 Å². The van der Waals surface area contributed by atoms with Gasteiger partial charge in [0.05, 0.1) is 19.6 Å². The number of carboxylic acid groups (broad SMARTS) is 1. The molecule has 6 heteroatoms. The van der Waals surface area contributed by atoms with Crippen LogP contribution in [0.1, 0.15) is 6.42 Å². The van der Waals surface area contributed by atoms with Crippen molar-refractivity contribution in [2.45, 2.75) is 6.42 Å². The number of carboxylic acids is 1. The van der Waals surface area contributed by atoms with Crippen molar-refractivity contribution < 1.29 is 49.0 Å². The van der Waals surface area contributed by atoms with E-state index in [0.29, 0.717) is 26.1 Å². The molecule has 5 nitrogen and oxygen atoms in total. The summed E-state index contributed by atoms with van der Waals surface area (Å²) in [7, 11) is 0. The average Bonchev–Trinajstić information content (AvgIpc) is 2.49. The minimum absolute atomic E-state index is 0. The van der Waals surface area contributed by atoms with Crippen molar-refractivity contribution in [1.29, 1.82) is 0 Å². The summed E-state index contributed by atoms with van der Waals surface area (Å²) >= 11 is 0. The Hall–Kier alpha value is -0.200. The molecule has 0 aromatic rings. The van der Waals surface area contributed by atoms with E-state index in [1.54, 1.807) is 6.08 Å². The van der Waals surface area contributed by atoms with Crippen LogP contribution in [0, 0.1) is 0 Å². The minimum Gasteiger partial charge on any atom is -0.477 e. The van der Waals surface area contributed by atoms with Crippen molar-refractivity contribution in [2.75, 3.05) is 32.8 Å². The zero-order chi connectivity index (χ0) is 11.3. The molecule has 0 aromatic heterocycles. The Bertz CT molecular complexity index is 294. The molecule has 0 amide bonds. The molecule has 0 aliphatic carbocycles. The molecule has 0 spiro atoms. The van der Waals surface area contributed by atoms with Crippen LogP contribution < -0.4 is 29.6 Å². The summed E-state index contributed by atoms with van der Waals surface area (Å²) in [6.45, 7) is 5.31. The van der Waals surface area contributed by atoms with Gasteiger partial charge in [-0.05, 0) is 0 Å². The van der Waals surface area contributed by atoms with Crippen molar-refractivity contribution in [3.05, 3.63) is 12.7 Å². The second-order valence-electron chi connectivity index (χ2n) is 3.66. The molecule has 0 radical (unpaired) electrons. The first-order valence-electron chi connectivity index (χ1n) is 4.98. The van der Waals surface area contributed by atoms with Crippen molar-refractivity contribution >= 4 is 11.8 Å². The van der Waals surface area contributed by atoms with Gasteiger partial charge < -0.3 is 10.2 Å². The number of amidine groups is 1. The summed E-state index contributed by atoms with van der Waals surface area (Å²) in [6.07, 6.45) is 2.31. The number of aliphatic carboxylic acids is 1. The predicted molar refractivity (Wildman–Crippen MR) is 56.7 cm³/mol. The smallest absolute Gasteiger partial charge is 0.477 e. The zero-order valence-corrected chi connectivity index (χ0v) is 11.7. The molecule has 2 N–H and O–H groups in total. The molecule has 1 aliphatic heterocycles. The summed E-state index contributed by atoms with van der Waals surface area (Å²) in [4.78, 5) is 15.1. The fourth-order valence-corrected chi connectivity index (χ4v) is 1.98. The normalized spacial score (nSPS) is 23.4. The molecule has 1 heterocycles. The molecule has 0 aromatic carbocycles. The second-order valence-corrected chi connectivity index (χ2v) is 3.66. The van der Waals surface area contributed by atoms with E-state index < -0.39 is 5.97 Å². The van der Waals surface area contributed by atoms with Crippen molar-refractivity contribution in [3.63, 3.8) is 0 Å². The number of aliphatic hydroxyl groups excluding tert-OH is 1. The quantitative estimate of drug-likeness (QED) is 0.291. The monoisotopic (exact) mass is 236 g/mol. The molecule has 1 rings (SSSR count). The van der Waals surface area contributed by atoms with Crippen LogP contribution in [0.3, 0.4) is 0 Å². The SMILES string of the molecule is C=CCC1=NCC[N+]1(CCO)CC(=O)O.[Na+]. The van der Waals surface area contributed by atoms with Gasteiger partial charge in [-0.2, -0.15) is 0 Å². The number of carbonyl (C=O) groups is 1. The van der Waals surface area contributed by atoms with Gasteiger partial charge in [-0.3, -0.25) is 4.48 Å². The Morgan fingerprint density at radius 1 is 1.62 bits per heavy atom. The Labute approximate surface area is 117 Å². The third-order valence-corrected chi connectivity index (χ3v) is 2.66. The molecule has 1 aliphatic rings. The zero-order valence-electron chi connectivity index (χ0n) is 9.72. The fraction of sp³-hybridized carbons (Fsp3) is 0.600. The number of quaternary nitrogens is 1. The maximum atomic E-state index is 10.8. The third-order valence-electron chi connectivity index (χ3n) is 2.66. The van der Waals surface area contributed by atoms with Gasteiger partial charge in [0.1, 0.15) is 13.1 Å². The van der Waals surface area contributed by atoms with Crippen molar-refractivity contribution in [2.24, 2.45) is 4.99 Å². The molecular weight excluding hydrogens is 219 g/mol. The first kappa shape index (κ1) is 15.8. The van der Waals surface area contributed by atoms with E-state index >= 15 is 0 Å². The first-order chi connectivity index (χ1) is 7.14. The molecule has 1 atom stereocenters. The van der Waals surface area contributed by atoms with E-state index in [2.05, 4.69) is 11.6 Å². The van der Waals surface area contributed by atoms with E-state index in [0.717, 1.165) is 5.84 Å². The summed E-state index contributed by atoms with van der Waals surface area (Å²) in [5.41, 5.74) is 0. The number of nitrogens with zero attached hydrogens (tertiary/aromatic N) is 2. The van der Waals surface area contributed by atoms with Crippen LogP contribution >= 0.6 is 0 Å². The van der Waals surface area contributed by atoms with E-state index in [4.69, 9.17) is 10.2 Å². The van der Waals surface area contributed by atoms with Gasteiger partial charge in [0.2, 0.25) is 5.84 Å². The summed E-state index contributed by atoms with van der Waals surface area (Å²) in [6, 6.07) is 0. The maximum Gasteiger partial charge on any atom is 1.00 e. The first-order valence-corrected chi connectivity index (χ1v) is 4.98. The van der Waals surface area contributed by atoms with E-state index in [-0.39, 0.29) is 47.2 Å². The van der Waals surface area contributed by atoms with Gasteiger partial charge in [-0.1, -0.05) is 6.08 Å². The van der Waals surface area contributed by atoms with Crippen LogP contribution in [0.15, 0.2) is 17.6 Å². The standard InChI is InChI=1S/C10H16N2O3.Na/c1-2-3-9-11-4-5-12(9,6-7-13)8-10(14)15;/h2,13H,1,3-8H2;/q;+1/p+1. The number of hydrogen-bond donors (Lipinski definition) is 2. The minimum atomic E-state index is -0.859. The van der Waals surface area contributed by atoms with Crippen LogP contribution in [0.2, 0.25) is 0 Å². The van der Waals surface area contributed by atoms with E-state index in [9.17, 15) is 4.79 Å². The maximum absolute atomic E-state index is 10.8. The topological polar surface area (TPSA) is 69.9 Å². The van der Waals surface area contributed by atoms with Crippen LogP contribution in [0.25, 0.3) is 0 Å². The predicted octanol–water partition coefficient (Wildman–Crippen LogP) is -3.13. The van der Waals surface area contributed by atoms with Crippen LogP contribution in [0.4, 0.5) is 0 Å². The van der Waals surface area contributed by atoms with Crippen LogP contribution in [0.5, 0.6) is 0 Å². The second kappa shape index (κ2) is 7.19. The Kier molecular flexibility index (Phi) is 7.10. The number of rotatable bonds is 6. The van der Waals surface area contributed by atoms with Gasteiger partial charge in [0.15, 0.2) is 6.54 Å². The molecule has 16 heavy (non-hydrogen) atoms. The number of aliphatic imine (C=N–C) groups is 1. The Balaban J connectivity index is 0.00000225. The van der Waals surface area contributed by atoms with Crippen molar-refractivity contribution in [3.8, 4) is 0 Å².